The van der Waals surface area contributed by atoms with Gasteiger partial charge in [-0.3, -0.25) is 14.9 Å². The zero-order valence-electron chi connectivity index (χ0n) is 21.5. The summed E-state index contributed by atoms with van der Waals surface area (Å²) in [6, 6.07) is 20.9. The second-order valence-corrected chi connectivity index (χ2v) is 10.5. The molecule has 206 valence electrons. The first-order valence-electron chi connectivity index (χ1n) is 12.9. The number of carbonyl (C=O) groups is 2. The average Bonchev–Trinajstić information content (AvgIpc) is 3.51. The van der Waals surface area contributed by atoms with Crippen LogP contribution in [0.15, 0.2) is 85.3 Å². The number of aromatic nitrogens is 2. The number of ether oxygens (including phenoxy) is 1. The van der Waals surface area contributed by atoms with Crippen molar-refractivity contribution in [3.63, 3.8) is 0 Å². The zero-order chi connectivity index (χ0) is 28.1. The number of nitrogens with zero attached hydrogens (tertiary/aromatic N) is 1. The number of primary amides is 1. The standard InChI is InChI=1S/C30H29Cl2N5O3/c31-20-11-9-18(10-12-20)15-24(29(33)38)37-30(39)22-8-4-7-21-23(13-14-40-28(21)22)36-27(25-16-34-17-35-25)26(32)19-5-2-1-3-6-19/h1-12,16-17,23-24,26-27,36H,13-15H2,(H2,33,38)(H,34,35)(H,37,39)/t23?,24-,26?,27?/m0/s1. The van der Waals surface area contributed by atoms with Crippen molar-refractivity contribution in [2.24, 2.45) is 5.73 Å². The van der Waals surface area contributed by atoms with Crippen LogP contribution in [0.4, 0.5) is 0 Å². The topological polar surface area (TPSA) is 122 Å². The lowest BCUT2D eigenvalue weighted by Crippen LogP contribution is -2.46. The Hall–Kier alpha value is -3.85. The molecule has 2 amide bonds. The van der Waals surface area contributed by atoms with E-state index in [1.54, 1.807) is 48.9 Å². The number of nitrogens with two attached hydrogens (primary N) is 1. The van der Waals surface area contributed by atoms with Gasteiger partial charge in [0.1, 0.15) is 11.8 Å². The number of hydrogen-bond donors (Lipinski definition) is 4. The number of hydrogen-bond acceptors (Lipinski definition) is 5. The lowest BCUT2D eigenvalue weighted by Gasteiger charge is -2.33. The normalized spacial score (nSPS) is 16.7. The molecule has 1 aliphatic rings. The summed E-state index contributed by atoms with van der Waals surface area (Å²) in [7, 11) is 0. The van der Waals surface area contributed by atoms with Crippen molar-refractivity contribution in [3.05, 3.63) is 118 Å². The summed E-state index contributed by atoms with van der Waals surface area (Å²) in [4.78, 5) is 33.0. The molecule has 4 atom stereocenters. The molecule has 0 saturated heterocycles. The Labute approximate surface area is 242 Å². The molecule has 1 aromatic heterocycles. The van der Waals surface area contributed by atoms with E-state index in [2.05, 4.69) is 20.6 Å². The number of alkyl halides is 1. The first-order chi connectivity index (χ1) is 19.4. The van der Waals surface area contributed by atoms with E-state index < -0.39 is 17.9 Å². The number of rotatable bonds is 10. The highest BCUT2D eigenvalue weighted by Crippen LogP contribution is 2.40. The predicted molar refractivity (Wildman–Crippen MR) is 154 cm³/mol. The van der Waals surface area contributed by atoms with Crippen molar-refractivity contribution in [3.8, 4) is 5.75 Å². The Morgan fingerprint density at radius 1 is 1.07 bits per heavy atom. The molecule has 0 aliphatic carbocycles. The Kier molecular flexibility index (Phi) is 8.69. The fraction of sp³-hybridized carbons (Fsp3) is 0.233. The second-order valence-electron chi connectivity index (χ2n) is 9.64. The van der Waals surface area contributed by atoms with Crippen LogP contribution in [0.2, 0.25) is 5.02 Å². The molecule has 2 heterocycles. The summed E-state index contributed by atoms with van der Waals surface area (Å²) in [6.07, 6.45) is 4.28. The highest BCUT2D eigenvalue weighted by Gasteiger charge is 2.32. The SMILES string of the molecule is NC(=O)[C@H](Cc1ccc(Cl)cc1)NC(=O)c1cccc2c1OCCC2NC(c1cnc[nH]1)C(Cl)c1ccccc1. The molecule has 5 N–H and O–H groups in total. The van der Waals surface area contributed by atoms with Gasteiger partial charge in [0.05, 0.1) is 35.6 Å². The van der Waals surface area contributed by atoms with Crippen molar-refractivity contribution < 1.29 is 14.3 Å². The molecule has 40 heavy (non-hydrogen) atoms. The van der Waals surface area contributed by atoms with Crippen LogP contribution in [0, 0.1) is 0 Å². The van der Waals surface area contributed by atoms with Crippen molar-refractivity contribution in [1.82, 2.24) is 20.6 Å². The van der Waals surface area contributed by atoms with E-state index in [0.717, 1.165) is 22.4 Å². The molecule has 10 heteroatoms. The first kappa shape index (κ1) is 27.7. The van der Waals surface area contributed by atoms with Gasteiger partial charge in [0.2, 0.25) is 5.91 Å². The minimum absolute atomic E-state index is 0.157. The highest BCUT2D eigenvalue weighted by molar-refractivity contribution is 6.30. The van der Waals surface area contributed by atoms with E-state index in [1.807, 2.05) is 36.4 Å². The van der Waals surface area contributed by atoms with Gasteiger partial charge in [0, 0.05) is 35.7 Å². The van der Waals surface area contributed by atoms with Crippen molar-refractivity contribution in [1.29, 1.82) is 0 Å². The van der Waals surface area contributed by atoms with Crippen LogP contribution in [0.25, 0.3) is 0 Å². The number of aromatic amines is 1. The largest absolute Gasteiger partial charge is 0.492 e. The third-order valence-corrected chi connectivity index (χ3v) is 7.72. The lowest BCUT2D eigenvalue weighted by atomic mass is 9.94. The molecule has 0 bridgehead atoms. The van der Waals surface area contributed by atoms with E-state index in [1.165, 1.54) is 0 Å². The van der Waals surface area contributed by atoms with Crippen LogP contribution in [0.1, 0.15) is 56.6 Å². The Morgan fingerprint density at radius 3 is 2.55 bits per heavy atom. The van der Waals surface area contributed by atoms with Crippen LogP contribution in [0.5, 0.6) is 5.75 Å². The number of amides is 2. The molecule has 0 saturated carbocycles. The summed E-state index contributed by atoms with van der Waals surface area (Å²) in [5.41, 5.74) is 9.43. The van der Waals surface area contributed by atoms with Gasteiger partial charge < -0.3 is 20.8 Å². The van der Waals surface area contributed by atoms with Crippen LogP contribution in [0.3, 0.4) is 0 Å². The van der Waals surface area contributed by atoms with Crippen LogP contribution < -0.4 is 21.1 Å². The highest BCUT2D eigenvalue weighted by atomic mass is 35.5. The molecule has 5 rings (SSSR count). The van der Waals surface area contributed by atoms with Crippen molar-refractivity contribution in [2.75, 3.05) is 6.61 Å². The minimum atomic E-state index is -0.908. The van der Waals surface area contributed by atoms with Gasteiger partial charge in [-0.05, 0) is 29.3 Å². The van der Waals surface area contributed by atoms with Gasteiger partial charge in [0.25, 0.3) is 5.91 Å². The number of benzene rings is 3. The Bertz CT molecular complexity index is 1450. The molecule has 0 fully saturated rings. The quantitative estimate of drug-likeness (QED) is 0.197. The maximum absolute atomic E-state index is 13.4. The maximum atomic E-state index is 13.4. The Morgan fingerprint density at radius 2 is 1.85 bits per heavy atom. The monoisotopic (exact) mass is 577 g/mol. The number of imidazole rings is 1. The number of H-pyrrole nitrogens is 1. The van der Waals surface area contributed by atoms with E-state index in [9.17, 15) is 9.59 Å². The van der Waals surface area contributed by atoms with E-state index in [4.69, 9.17) is 33.7 Å². The third kappa shape index (κ3) is 6.31. The summed E-state index contributed by atoms with van der Waals surface area (Å²) in [6.45, 7) is 0.396. The van der Waals surface area contributed by atoms with Crippen LogP contribution in [-0.2, 0) is 11.2 Å². The molecule has 1 aliphatic heterocycles. The van der Waals surface area contributed by atoms with E-state index >= 15 is 0 Å². The summed E-state index contributed by atoms with van der Waals surface area (Å²) >= 11 is 13.0. The maximum Gasteiger partial charge on any atom is 0.255 e. The fourth-order valence-corrected chi connectivity index (χ4v) is 5.39. The molecule has 0 spiro atoms. The second kappa shape index (κ2) is 12.6. The smallest absolute Gasteiger partial charge is 0.255 e. The third-order valence-electron chi connectivity index (χ3n) is 6.97. The van der Waals surface area contributed by atoms with Gasteiger partial charge >= 0.3 is 0 Å². The molecule has 8 nitrogen and oxygen atoms in total. The average molecular weight is 579 g/mol. The van der Waals surface area contributed by atoms with E-state index in [0.29, 0.717) is 29.4 Å². The number of nitrogens with one attached hydrogen (secondary N) is 3. The van der Waals surface area contributed by atoms with Crippen LogP contribution >= 0.6 is 23.2 Å². The molecule has 3 unspecified atom stereocenters. The summed E-state index contributed by atoms with van der Waals surface area (Å²) in [5.74, 6) is -0.613. The zero-order valence-corrected chi connectivity index (χ0v) is 23.0. The van der Waals surface area contributed by atoms with E-state index in [-0.39, 0.29) is 23.9 Å². The minimum Gasteiger partial charge on any atom is -0.492 e. The Balaban J connectivity index is 1.38. The first-order valence-corrected chi connectivity index (χ1v) is 13.8. The summed E-state index contributed by atoms with van der Waals surface area (Å²) in [5, 5.41) is 6.65. The number of carbonyl (C=O) groups excluding carboxylic acids is 2. The molecular weight excluding hydrogens is 549 g/mol. The summed E-state index contributed by atoms with van der Waals surface area (Å²) < 4.78 is 6.01. The van der Waals surface area contributed by atoms with Gasteiger partial charge in [-0.2, -0.15) is 0 Å². The fourth-order valence-electron chi connectivity index (χ4n) is 4.91. The van der Waals surface area contributed by atoms with Gasteiger partial charge in [-0.25, -0.2) is 4.98 Å². The van der Waals surface area contributed by atoms with Gasteiger partial charge in [0.15, 0.2) is 0 Å². The van der Waals surface area contributed by atoms with Crippen molar-refractivity contribution >= 4 is 35.0 Å². The van der Waals surface area contributed by atoms with Crippen LogP contribution in [-0.4, -0.2) is 34.4 Å². The lowest BCUT2D eigenvalue weighted by molar-refractivity contribution is -0.119. The number of para-hydroxylation sites is 1. The molecular formula is C30H29Cl2N5O3. The van der Waals surface area contributed by atoms with Gasteiger partial charge in [-0.1, -0.05) is 66.2 Å². The molecule has 3 aromatic carbocycles. The number of fused-ring (bicyclic) bond motifs is 1. The molecule has 0 radical (unpaired) electrons. The van der Waals surface area contributed by atoms with Crippen molar-refractivity contribution in [2.45, 2.75) is 36.3 Å². The molecule has 4 aromatic rings. The predicted octanol–water partition coefficient (Wildman–Crippen LogP) is 5.02. The van der Waals surface area contributed by atoms with Gasteiger partial charge in [-0.15, -0.1) is 11.6 Å². The number of halogens is 2.